The van der Waals surface area contributed by atoms with Crippen molar-refractivity contribution in [1.29, 1.82) is 0 Å². The van der Waals surface area contributed by atoms with Crippen LogP contribution in [0.1, 0.15) is 12.8 Å². The van der Waals surface area contributed by atoms with Crippen molar-refractivity contribution in [2.75, 3.05) is 13.2 Å². The Kier molecular flexibility index (Phi) is 5.47. The van der Waals surface area contributed by atoms with Gasteiger partial charge in [-0.15, -0.1) is 0 Å². The average Bonchev–Trinajstić information content (AvgIpc) is 2.04. The lowest BCUT2D eigenvalue weighted by Crippen LogP contribution is -2.30. The lowest BCUT2D eigenvalue weighted by Gasteiger charge is -2.16. The Hall–Kier alpha value is -0.820. The minimum Gasteiger partial charge on any atom is -0.475 e. The maximum absolute atomic E-state index is 10.6. The molecule has 1 atom stereocenters. The molecule has 84 valence electrons. The van der Waals surface area contributed by atoms with Gasteiger partial charge in [-0.3, -0.25) is 0 Å². The molecule has 0 amide bonds. The SMILES string of the molecule is N[C@H]1CCCOC1.O=C(O)C(F)(F)F. The molecule has 0 aromatic rings. The molecule has 0 aromatic carbocycles. The number of nitrogens with two attached hydrogens (primary N) is 1. The molecular weight excluding hydrogens is 203 g/mol. The number of ether oxygens (including phenoxy) is 1. The molecule has 0 radical (unpaired) electrons. The first-order valence-corrected chi connectivity index (χ1v) is 3.97. The summed E-state index contributed by atoms with van der Waals surface area (Å²) in [6.07, 6.45) is -2.80. The molecule has 4 nitrogen and oxygen atoms in total. The zero-order valence-electron chi connectivity index (χ0n) is 7.38. The van der Waals surface area contributed by atoms with Crippen LogP contribution in [0, 0.1) is 0 Å². The Balaban J connectivity index is 0.000000241. The Labute approximate surface area is 78.8 Å². The van der Waals surface area contributed by atoms with E-state index in [9.17, 15) is 13.2 Å². The van der Waals surface area contributed by atoms with Crippen LogP contribution in [0.2, 0.25) is 0 Å². The molecule has 0 aliphatic carbocycles. The molecule has 1 aliphatic heterocycles. The van der Waals surface area contributed by atoms with Crippen LogP contribution < -0.4 is 5.73 Å². The Morgan fingerprint density at radius 2 is 2.00 bits per heavy atom. The number of halogens is 3. The van der Waals surface area contributed by atoms with Crippen LogP contribution in [0.4, 0.5) is 13.2 Å². The van der Waals surface area contributed by atoms with E-state index in [0.29, 0.717) is 6.04 Å². The maximum Gasteiger partial charge on any atom is 0.490 e. The molecule has 1 rings (SSSR count). The molecule has 0 bridgehead atoms. The summed E-state index contributed by atoms with van der Waals surface area (Å²) in [6, 6.07) is 0.314. The largest absolute Gasteiger partial charge is 0.490 e. The first-order chi connectivity index (χ1) is 6.34. The minimum absolute atomic E-state index is 0.314. The van der Waals surface area contributed by atoms with Gasteiger partial charge in [-0.1, -0.05) is 0 Å². The summed E-state index contributed by atoms with van der Waals surface area (Å²) in [5, 5.41) is 7.12. The Morgan fingerprint density at radius 3 is 2.14 bits per heavy atom. The normalized spacial score (nSPS) is 22.1. The summed E-state index contributed by atoms with van der Waals surface area (Å²) in [6.45, 7) is 1.67. The minimum atomic E-state index is -5.08. The van der Waals surface area contributed by atoms with Gasteiger partial charge >= 0.3 is 12.1 Å². The molecular formula is C7H12F3NO3. The van der Waals surface area contributed by atoms with Crippen LogP contribution in [0.3, 0.4) is 0 Å². The third-order valence-corrected chi connectivity index (χ3v) is 1.44. The second-order valence-electron chi connectivity index (χ2n) is 2.78. The molecule has 3 N–H and O–H groups in total. The number of rotatable bonds is 0. The van der Waals surface area contributed by atoms with E-state index in [-0.39, 0.29) is 0 Å². The third-order valence-electron chi connectivity index (χ3n) is 1.44. The second-order valence-corrected chi connectivity index (χ2v) is 2.78. The van der Waals surface area contributed by atoms with E-state index in [0.717, 1.165) is 26.1 Å². The van der Waals surface area contributed by atoms with Crippen molar-refractivity contribution in [2.45, 2.75) is 25.1 Å². The quantitative estimate of drug-likeness (QED) is 0.625. The van der Waals surface area contributed by atoms with Crippen LogP contribution in [-0.2, 0) is 9.53 Å². The number of carbonyl (C=O) groups is 1. The van der Waals surface area contributed by atoms with Gasteiger partial charge in [0, 0.05) is 12.6 Å². The fourth-order valence-corrected chi connectivity index (χ4v) is 0.766. The van der Waals surface area contributed by atoms with Crippen molar-refractivity contribution in [1.82, 2.24) is 0 Å². The highest BCUT2D eigenvalue weighted by molar-refractivity contribution is 5.73. The van der Waals surface area contributed by atoms with Gasteiger partial charge in [0.2, 0.25) is 0 Å². The molecule has 7 heteroatoms. The Morgan fingerprint density at radius 1 is 1.50 bits per heavy atom. The number of carboxylic acid groups (broad SMARTS) is 1. The summed E-state index contributed by atoms with van der Waals surface area (Å²) in [7, 11) is 0. The summed E-state index contributed by atoms with van der Waals surface area (Å²) < 4.78 is 36.8. The third kappa shape index (κ3) is 6.67. The van der Waals surface area contributed by atoms with E-state index in [1.165, 1.54) is 0 Å². The van der Waals surface area contributed by atoms with E-state index in [1.54, 1.807) is 0 Å². The van der Waals surface area contributed by atoms with E-state index in [4.69, 9.17) is 20.4 Å². The zero-order chi connectivity index (χ0) is 11.2. The highest BCUT2D eigenvalue weighted by Crippen LogP contribution is 2.13. The van der Waals surface area contributed by atoms with Crippen molar-refractivity contribution < 1.29 is 27.8 Å². The zero-order valence-corrected chi connectivity index (χ0v) is 7.38. The molecule has 1 heterocycles. The summed E-state index contributed by atoms with van der Waals surface area (Å²) in [4.78, 5) is 8.90. The summed E-state index contributed by atoms with van der Waals surface area (Å²) in [5.41, 5.74) is 5.51. The van der Waals surface area contributed by atoms with Crippen LogP contribution >= 0.6 is 0 Å². The number of hydrogen-bond donors (Lipinski definition) is 2. The number of carboxylic acids is 1. The van der Waals surface area contributed by atoms with E-state index < -0.39 is 12.1 Å². The highest BCUT2D eigenvalue weighted by Gasteiger charge is 2.38. The van der Waals surface area contributed by atoms with Gasteiger partial charge < -0.3 is 15.6 Å². The van der Waals surface area contributed by atoms with E-state index >= 15 is 0 Å². The number of aliphatic carboxylic acids is 1. The van der Waals surface area contributed by atoms with Crippen LogP contribution in [0.15, 0.2) is 0 Å². The molecule has 1 fully saturated rings. The molecule has 0 saturated carbocycles. The van der Waals surface area contributed by atoms with Gasteiger partial charge in [0.05, 0.1) is 6.61 Å². The van der Waals surface area contributed by atoms with Crippen molar-refractivity contribution in [2.24, 2.45) is 5.73 Å². The van der Waals surface area contributed by atoms with Gasteiger partial charge in [-0.05, 0) is 12.8 Å². The second kappa shape index (κ2) is 5.82. The predicted molar refractivity (Wildman–Crippen MR) is 41.7 cm³/mol. The molecule has 0 unspecified atom stereocenters. The first-order valence-electron chi connectivity index (χ1n) is 3.97. The monoisotopic (exact) mass is 215 g/mol. The van der Waals surface area contributed by atoms with Crippen LogP contribution in [0.25, 0.3) is 0 Å². The van der Waals surface area contributed by atoms with Gasteiger partial charge in [-0.25, -0.2) is 4.79 Å². The molecule has 0 spiro atoms. The van der Waals surface area contributed by atoms with E-state index in [1.807, 2.05) is 0 Å². The summed E-state index contributed by atoms with van der Waals surface area (Å²) in [5.74, 6) is -2.76. The number of hydrogen-bond acceptors (Lipinski definition) is 3. The maximum atomic E-state index is 10.6. The Bertz CT molecular complexity index is 178. The molecule has 14 heavy (non-hydrogen) atoms. The smallest absolute Gasteiger partial charge is 0.475 e. The van der Waals surface area contributed by atoms with Gasteiger partial charge in [0.25, 0.3) is 0 Å². The standard InChI is InChI=1S/C5H11NO.C2HF3O2/c6-5-2-1-3-7-4-5;3-2(4,5)1(6)7/h5H,1-4,6H2;(H,6,7)/t5-;/m0./s1. The fraction of sp³-hybridized carbons (Fsp3) is 0.857. The van der Waals surface area contributed by atoms with Crippen LogP contribution in [0.5, 0.6) is 0 Å². The lowest BCUT2D eigenvalue weighted by atomic mass is 10.1. The van der Waals surface area contributed by atoms with Crippen molar-refractivity contribution in [3.63, 3.8) is 0 Å². The van der Waals surface area contributed by atoms with Gasteiger partial charge in [0.15, 0.2) is 0 Å². The van der Waals surface area contributed by atoms with Gasteiger partial charge in [0.1, 0.15) is 0 Å². The lowest BCUT2D eigenvalue weighted by molar-refractivity contribution is -0.192. The average molecular weight is 215 g/mol. The van der Waals surface area contributed by atoms with Crippen molar-refractivity contribution in [3.8, 4) is 0 Å². The summed E-state index contributed by atoms with van der Waals surface area (Å²) >= 11 is 0. The topological polar surface area (TPSA) is 72.5 Å². The van der Waals surface area contributed by atoms with Crippen molar-refractivity contribution >= 4 is 5.97 Å². The highest BCUT2D eigenvalue weighted by atomic mass is 19.4. The predicted octanol–water partition coefficient (Wildman–Crippen LogP) is 0.757. The first kappa shape index (κ1) is 13.2. The van der Waals surface area contributed by atoms with Gasteiger partial charge in [-0.2, -0.15) is 13.2 Å². The van der Waals surface area contributed by atoms with Crippen molar-refractivity contribution in [3.05, 3.63) is 0 Å². The molecule has 1 saturated heterocycles. The number of alkyl halides is 3. The van der Waals surface area contributed by atoms with Crippen LogP contribution in [-0.4, -0.2) is 36.5 Å². The van der Waals surface area contributed by atoms with E-state index in [2.05, 4.69) is 0 Å². The fourth-order valence-electron chi connectivity index (χ4n) is 0.766. The molecule has 0 aromatic heterocycles. The molecule has 1 aliphatic rings.